The number of carboxylic acids is 1. The molecule has 1 fully saturated rings. The molecule has 1 heterocycles. The number of hydrogen-bond donors (Lipinski definition) is 5. The van der Waals surface area contributed by atoms with Gasteiger partial charge in [-0.05, 0) is 37.7 Å². The minimum atomic E-state index is -5.08. The lowest BCUT2D eigenvalue weighted by Crippen LogP contribution is -2.54. The van der Waals surface area contributed by atoms with E-state index in [2.05, 4.69) is 16.0 Å². The second-order valence-corrected chi connectivity index (χ2v) is 11.4. The van der Waals surface area contributed by atoms with Crippen LogP contribution in [0.4, 0.5) is 18.9 Å². The van der Waals surface area contributed by atoms with Crippen molar-refractivity contribution in [3.8, 4) is 0 Å². The van der Waals surface area contributed by atoms with Crippen molar-refractivity contribution in [3.05, 3.63) is 64.7 Å². The van der Waals surface area contributed by atoms with Crippen molar-refractivity contribution in [1.82, 2.24) is 15.5 Å². The fourth-order valence-corrected chi connectivity index (χ4v) is 5.38. The van der Waals surface area contributed by atoms with Crippen LogP contribution in [0.5, 0.6) is 0 Å². The zero-order valence-corrected chi connectivity index (χ0v) is 26.0. The van der Waals surface area contributed by atoms with Crippen molar-refractivity contribution in [1.29, 1.82) is 0 Å². The van der Waals surface area contributed by atoms with Crippen LogP contribution >= 0.6 is 0 Å². The Kier molecular flexibility index (Phi) is 12.6. The number of carbonyl (C=O) groups excluding carboxylic acids is 5. The van der Waals surface area contributed by atoms with Gasteiger partial charge in [0.15, 0.2) is 11.6 Å². The summed E-state index contributed by atoms with van der Waals surface area (Å²) in [6.07, 6.45) is -2.79. The SMILES string of the molecule is CC(C)C[C@H](NC(=O)CN)C(=O)N1CCC[C@@H]1C(=O)NCCCNc1cccc2c1C(=O)c1ccccc1C2=O.O=C(O)C(F)(F)F. The lowest BCUT2D eigenvalue weighted by atomic mass is 9.83. The van der Waals surface area contributed by atoms with Crippen LogP contribution in [0.25, 0.3) is 0 Å². The number of anilines is 1. The first kappa shape index (κ1) is 36.7. The molecule has 0 bridgehead atoms. The third kappa shape index (κ3) is 9.37. The van der Waals surface area contributed by atoms with E-state index in [1.54, 1.807) is 47.4 Å². The fourth-order valence-electron chi connectivity index (χ4n) is 5.38. The molecule has 2 aromatic carbocycles. The molecular weight excluding hydrogens is 623 g/mol. The first-order valence-electron chi connectivity index (χ1n) is 15.1. The number of nitrogens with zero attached hydrogens (tertiary/aromatic N) is 1. The molecule has 1 aliphatic carbocycles. The third-order valence-electron chi connectivity index (χ3n) is 7.53. The topological polar surface area (TPSA) is 188 Å². The predicted octanol–water partition coefficient (Wildman–Crippen LogP) is 2.49. The van der Waals surface area contributed by atoms with Crippen molar-refractivity contribution < 1.29 is 47.0 Å². The number of benzene rings is 2. The summed E-state index contributed by atoms with van der Waals surface area (Å²) in [4.78, 5) is 74.7. The van der Waals surface area contributed by atoms with Crippen molar-refractivity contribution in [2.45, 2.75) is 57.8 Å². The van der Waals surface area contributed by atoms with Crippen LogP contribution in [0.1, 0.15) is 71.4 Å². The Labute approximate surface area is 269 Å². The number of alkyl halides is 3. The van der Waals surface area contributed by atoms with E-state index in [-0.39, 0.29) is 35.8 Å². The van der Waals surface area contributed by atoms with Crippen LogP contribution in [0.3, 0.4) is 0 Å². The van der Waals surface area contributed by atoms with E-state index in [9.17, 15) is 37.1 Å². The van der Waals surface area contributed by atoms with Gasteiger partial charge in [0.2, 0.25) is 17.7 Å². The maximum atomic E-state index is 13.3. The molecule has 1 saturated heterocycles. The van der Waals surface area contributed by atoms with E-state index < -0.39 is 30.1 Å². The third-order valence-corrected chi connectivity index (χ3v) is 7.53. The lowest BCUT2D eigenvalue weighted by Gasteiger charge is -2.29. The standard InChI is InChI=1S/C30H37N5O5.C2HF3O2/c1-18(2)16-23(34-25(36)17-31)30(40)35-15-6-12-24(35)29(39)33-14-7-13-32-22-11-5-10-21-26(22)28(38)20-9-4-3-8-19(20)27(21)37;3-2(4,5)1(6)7/h3-5,8-11,18,23-24,32H,6-7,12-17,31H2,1-2H3,(H,33,39)(H,34,36);(H,6,7)/t23-,24+;/m0./s1. The Morgan fingerprint density at radius 1 is 0.979 bits per heavy atom. The summed E-state index contributed by atoms with van der Waals surface area (Å²) >= 11 is 0. The first-order valence-corrected chi connectivity index (χ1v) is 15.1. The van der Waals surface area contributed by atoms with E-state index in [0.717, 1.165) is 0 Å². The average molecular weight is 662 g/mol. The smallest absolute Gasteiger partial charge is 0.475 e. The van der Waals surface area contributed by atoms with Crippen molar-refractivity contribution in [2.75, 3.05) is 31.5 Å². The maximum Gasteiger partial charge on any atom is 0.490 e. The molecule has 12 nitrogen and oxygen atoms in total. The molecule has 0 saturated carbocycles. The summed E-state index contributed by atoms with van der Waals surface area (Å²) in [6.45, 7) is 5.02. The van der Waals surface area contributed by atoms with Gasteiger partial charge in [0, 0.05) is 42.0 Å². The number of halogens is 3. The average Bonchev–Trinajstić information content (AvgIpc) is 3.52. The molecule has 6 N–H and O–H groups in total. The van der Waals surface area contributed by atoms with Gasteiger partial charge in [0.1, 0.15) is 12.1 Å². The highest BCUT2D eigenvalue weighted by Gasteiger charge is 2.39. The zero-order chi connectivity index (χ0) is 34.9. The first-order chi connectivity index (χ1) is 22.2. The van der Waals surface area contributed by atoms with Crippen LogP contribution in [0.15, 0.2) is 42.5 Å². The van der Waals surface area contributed by atoms with Crippen molar-refractivity contribution in [2.24, 2.45) is 11.7 Å². The van der Waals surface area contributed by atoms with E-state index in [1.165, 1.54) is 0 Å². The van der Waals surface area contributed by atoms with Crippen LogP contribution in [0, 0.1) is 5.92 Å². The van der Waals surface area contributed by atoms with E-state index in [1.807, 2.05) is 13.8 Å². The number of carbonyl (C=O) groups is 6. The molecule has 15 heteroatoms. The summed E-state index contributed by atoms with van der Waals surface area (Å²) in [5.74, 6) is -3.83. The molecule has 2 atom stereocenters. The Morgan fingerprint density at radius 3 is 2.19 bits per heavy atom. The minimum Gasteiger partial charge on any atom is -0.475 e. The van der Waals surface area contributed by atoms with Gasteiger partial charge in [-0.1, -0.05) is 50.2 Å². The molecule has 0 radical (unpaired) electrons. The van der Waals surface area contributed by atoms with Crippen LogP contribution in [0.2, 0.25) is 0 Å². The van der Waals surface area contributed by atoms with E-state index in [0.29, 0.717) is 73.3 Å². The highest BCUT2D eigenvalue weighted by atomic mass is 19.4. The summed E-state index contributed by atoms with van der Waals surface area (Å²) in [6, 6.07) is 10.7. The quantitative estimate of drug-likeness (QED) is 0.192. The van der Waals surface area contributed by atoms with E-state index >= 15 is 0 Å². The number of fused-ring (bicyclic) bond motifs is 2. The Balaban J connectivity index is 0.000000771. The number of ketones is 2. The zero-order valence-electron chi connectivity index (χ0n) is 26.0. The number of amides is 3. The lowest BCUT2D eigenvalue weighted by molar-refractivity contribution is -0.192. The summed E-state index contributed by atoms with van der Waals surface area (Å²) in [5, 5.41) is 16.0. The van der Waals surface area contributed by atoms with Gasteiger partial charge in [0.25, 0.3) is 0 Å². The highest BCUT2D eigenvalue weighted by Crippen LogP contribution is 2.32. The molecular formula is C32H38F3N5O7. The maximum absolute atomic E-state index is 13.3. The number of rotatable bonds is 11. The second kappa shape index (κ2) is 16.2. The minimum absolute atomic E-state index is 0.171. The summed E-state index contributed by atoms with van der Waals surface area (Å²) in [7, 11) is 0. The second-order valence-electron chi connectivity index (χ2n) is 11.4. The van der Waals surface area contributed by atoms with Gasteiger partial charge in [-0.3, -0.25) is 24.0 Å². The van der Waals surface area contributed by atoms with E-state index in [4.69, 9.17) is 15.6 Å². The molecule has 0 spiro atoms. The molecule has 47 heavy (non-hydrogen) atoms. The number of carboxylic acid groups (broad SMARTS) is 1. The molecule has 1 aliphatic heterocycles. The van der Waals surface area contributed by atoms with Gasteiger partial charge in [-0.25, -0.2) is 4.79 Å². The molecule has 0 aromatic heterocycles. The van der Waals surface area contributed by atoms with Crippen LogP contribution < -0.4 is 21.7 Å². The highest BCUT2D eigenvalue weighted by molar-refractivity contribution is 6.30. The van der Waals surface area contributed by atoms with Crippen molar-refractivity contribution >= 4 is 40.9 Å². The Morgan fingerprint density at radius 2 is 1.60 bits per heavy atom. The van der Waals surface area contributed by atoms with Gasteiger partial charge in [0.05, 0.1) is 12.1 Å². The predicted molar refractivity (Wildman–Crippen MR) is 165 cm³/mol. The molecule has 0 unspecified atom stereocenters. The summed E-state index contributed by atoms with van der Waals surface area (Å²) in [5.41, 5.74) is 7.57. The van der Waals surface area contributed by atoms with Gasteiger partial charge >= 0.3 is 12.1 Å². The molecule has 3 amide bonds. The van der Waals surface area contributed by atoms with Gasteiger partial charge in [-0.2, -0.15) is 13.2 Å². The molecule has 254 valence electrons. The Hall–Kier alpha value is -4.79. The molecule has 2 aromatic rings. The number of nitrogens with two attached hydrogens (primary N) is 1. The number of nitrogens with one attached hydrogen (secondary N) is 3. The largest absolute Gasteiger partial charge is 0.490 e. The van der Waals surface area contributed by atoms with Gasteiger partial charge in [-0.15, -0.1) is 0 Å². The van der Waals surface area contributed by atoms with Crippen LogP contribution in [-0.2, 0) is 19.2 Å². The number of hydrogen-bond acceptors (Lipinski definition) is 8. The number of likely N-dealkylation sites (tertiary alicyclic amines) is 1. The number of aliphatic carboxylic acids is 1. The fraction of sp³-hybridized carbons (Fsp3) is 0.438. The monoisotopic (exact) mass is 661 g/mol. The molecule has 2 aliphatic rings. The Bertz CT molecular complexity index is 1510. The van der Waals surface area contributed by atoms with Gasteiger partial charge < -0.3 is 31.7 Å². The molecule has 4 rings (SSSR count). The normalized spacial score (nSPS) is 16.0. The van der Waals surface area contributed by atoms with Crippen LogP contribution in [-0.4, -0.2) is 89.7 Å². The van der Waals surface area contributed by atoms with Crippen molar-refractivity contribution in [3.63, 3.8) is 0 Å². The summed E-state index contributed by atoms with van der Waals surface area (Å²) < 4.78 is 31.7.